The fourth-order valence-electron chi connectivity index (χ4n) is 9.28. The first-order chi connectivity index (χ1) is 32.6. The van der Waals surface area contributed by atoms with Crippen LogP contribution in [0.3, 0.4) is 0 Å². The minimum atomic E-state index is -1.05. The molecule has 0 aliphatic carbocycles. The quantitative estimate of drug-likeness (QED) is 0.0493. The maximum Gasteiger partial charge on any atom is 0.262 e. The number of amides is 3. The number of fused-ring (bicyclic) bond motifs is 2. The van der Waals surface area contributed by atoms with Crippen LogP contribution in [0.25, 0.3) is 11.0 Å². The number of carbonyl (C=O) groups excluding carboxylic acids is 5. The summed E-state index contributed by atoms with van der Waals surface area (Å²) in [5.74, 6) is -0.240. The first-order valence-electron chi connectivity index (χ1n) is 22.5. The van der Waals surface area contributed by atoms with Gasteiger partial charge in [-0.25, -0.2) is 14.4 Å². The number of likely N-dealkylation sites (N-methyl/N-ethyl adjacent to an activating group) is 1. The second kappa shape index (κ2) is 19.7. The highest BCUT2D eigenvalue weighted by atomic mass is 35.5. The van der Waals surface area contributed by atoms with E-state index in [0.29, 0.717) is 57.5 Å². The van der Waals surface area contributed by atoms with Crippen molar-refractivity contribution in [3.05, 3.63) is 131 Å². The van der Waals surface area contributed by atoms with Gasteiger partial charge >= 0.3 is 0 Å². The summed E-state index contributed by atoms with van der Waals surface area (Å²) in [7, 11) is 1.44. The van der Waals surface area contributed by atoms with Crippen molar-refractivity contribution in [3.8, 4) is 11.5 Å². The number of H-pyrrole nitrogens is 1. The number of aromatic nitrogens is 3. The molecule has 5 heterocycles. The van der Waals surface area contributed by atoms with Crippen LogP contribution in [0.2, 0.25) is 5.02 Å². The third-order valence-corrected chi connectivity index (χ3v) is 13.3. The first kappa shape index (κ1) is 45.0. The number of aldehydes is 1. The molecule has 15 nitrogen and oxygen atoms in total. The molecule has 3 amide bonds. The molecule has 4 aromatic carbocycles. The number of hydrogen-bond acceptors (Lipinski definition) is 12. The Bertz CT molecular complexity index is 2840. The van der Waals surface area contributed by atoms with E-state index in [2.05, 4.69) is 40.3 Å². The third-order valence-electron chi connectivity index (χ3n) is 13.0. The van der Waals surface area contributed by atoms with Gasteiger partial charge < -0.3 is 34.9 Å². The van der Waals surface area contributed by atoms with E-state index in [0.717, 1.165) is 75.7 Å². The molecule has 3 aliphatic rings. The van der Waals surface area contributed by atoms with Gasteiger partial charge in [-0.15, -0.1) is 0 Å². The van der Waals surface area contributed by atoms with E-state index in [9.17, 15) is 24.0 Å². The molecule has 2 saturated heterocycles. The van der Waals surface area contributed by atoms with Crippen LogP contribution in [0.1, 0.15) is 68.7 Å². The van der Waals surface area contributed by atoms with E-state index in [1.165, 1.54) is 19.4 Å². The van der Waals surface area contributed by atoms with Gasteiger partial charge in [0.2, 0.25) is 5.91 Å². The minimum Gasteiger partial charge on any atom is -0.457 e. The van der Waals surface area contributed by atoms with Gasteiger partial charge in [0.25, 0.3) is 11.8 Å². The number of aromatic amines is 1. The number of imide groups is 1. The van der Waals surface area contributed by atoms with Crippen molar-refractivity contribution in [1.29, 1.82) is 0 Å². The summed E-state index contributed by atoms with van der Waals surface area (Å²) in [5.41, 5.74) is 3.42. The van der Waals surface area contributed by atoms with Crippen molar-refractivity contribution in [2.75, 3.05) is 68.0 Å². The second-order valence-electron chi connectivity index (χ2n) is 17.0. The number of ether oxygens (including phenoxy) is 1. The van der Waals surface area contributed by atoms with Crippen molar-refractivity contribution in [2.24, 2.45) is 5.92 Å². The molecule has 2 fully saturated rings. The van der Waals surface area contributed by atoms with Crippen LogP contribution >= 0.6 is 11.6 Å². The largest absolute Gasteiger partial charge is 0.457 e. The van der Waals surface area contributed by atoms with Crippen LogP contribution < -0.4 is 25.2 Å². The molecule has 9 rings (SSSR count). The number of piperazine rings is 1. The smallest absolute Gasteiger partial charge is 0.262 e. The number of piperidine rings is 1. The molecule has 1 unspecified atom stereocenters. The van der Waals surface area contributed by atoms with E-state index in [4.69, 9.17) is 16.3 Å². The number of anilines is 4. The number of para-hydroxylation sites is 1. The predicted octanol–water partition coefficient (Wildman–Crippen LogP) is 7.64. The fraction of sp³-hybridized carbons (Fsp3) is 0.300. The number of nitrogens with zero attached hydrogens (tertiary/aromatic N) is 6. The molecular weight excluding hydrogens is 877 g/mol. The van der Waals surface area contributed by atoms with Crippen LogP contribution in [0.15, 0.2) is 97.5 Å². The number of carbonyl (C=O) groups is 5. The van der Waals surface area contributed by atoms with Gasteiger partial charge in [-0.1, -0.05) is 29.8 Å². The maximum absolute atomic E-state index is 15.8. The molecular formula is C50H49ClFN9O6. The summed E-state index contributed by atoms with van der Waals surface area (Å²) in [4.78, 5) is 83.7. The summed E-state index contributed by atoms with van der Waals surface area (Å²) in [6.45, 7) is 5.65. The summed E-state index contributed by atoms with van der Waals surface area (Å²) in [5, 5.41) is 6.39. The molecule has 1 atom stereocenters. The fourth-order valence-corrected chi connectivity index (χ4v) is 9.54. The van der Waals surface area contributed by atoms with Crippen molar-refractivity contribution >= 4 is 75.3 Å². The van der Waals surface area contributed by atoms with Gasteiger partial charge in [0.15, 0.2) is 5.78 Å². The zero-order chi connectivity index (χ0) is 46.6. The van der Waals surface area contributed by atoms with E-state index in [1.54, 1.807) is 42.6 Å². The zero-order valence-electron chi connectivity index (χ0n) is 36.8. The Labute approximate surface area is 391 Å². The van der Waals surface area contributed by atoms with Crippen molar-refractivity contribution in [2.45, 2.75) is 38.1 Å². The van der Waals surface area contributed by atoms with E-state index >= 15 is 4.39 Å². The number of nitrogens with one attached hydrogen (secondary N) is 3. The molecule has 3 N–H and O–H groups in total. The van der Waals surface area contributed by atoms with Crippen LogP contribution in [-0.2, 0) is 9.59 Å². The highest BCUT2D eigenvalue weighted by Gasteiger charge is 2.43. The molecule has 0 radical (unpaired) electrons. The van der Waals surface area contributed by atoms with Crippen LogP contribution in [0, 0.1) is 11.7 Å². The first-order valence-corrected chi connectivity index (χ1v) is 22.8. The van der Waals surface area contributed by atoms with Crippen molar-refractivity contribution in [1.82, 2.24) is 30.1 Å². The number of halogens is 2. The van der Waals surface area contributed by atoms with Crippen LogP contribution in [0.4, 0.5) is 27.3 Å². The Morgan fingerprint density at radius 3 is 2.39 bits per heavy atom. The molecule has 344 valence electrons. The number of benzene rings is 4. The molecule has 0 spiro atoms. The Hall–Kier alpha value is -7.17. The van der Waals surface area contributed by atoms with Gasteiger partial charge in [0.05, 0.1) is 32.8 Å². The normalized spacial score (nSPS) is 16.0. The van der Waals surface area contributed by atoms with Gasteiger partial charge in [-0.3, -0.25) is 29.0 Å². The lowest BCUT2D eigenvalue weighted by Crippen LogP contribution is -2.48. The van der Waals surface area contributed by atoms with E-state index < -0.39 is 23.8 Å². The van der Waals surface area contributed by atoms with E-state index in [-0.39, 0.29) is 46.2 Å². The summed E-state index contributed by atoms with van der Waals surface area (Å²) in [6, 6.07) is 23.4. The Morgan fingerprint density at radius 2 is 1.66 bits per heavy atom. The Balaban J connectivity index is 0.762. The monoisotopic (exact) mass is 925 g/mol. The van der Waals surface area contributed by atoms with Crippen molar-refractivity contribution < 1.29 is 33.1 Å². The minimum absolute atomic E-state index is 0.0511. The summed E-state index contributed by atoms with van der Waals surface area (Å²) >= 11 is 6.61. The van der Waals surface area contributed by atoms with Crippen molar-refractivity contribution in [3.63, 3.8) is 0 Å². The SMILES string of the molecule is CNC(=O)C(CCC=O)N1C(=O)c2ccc(N3CCN(CCC4CCN(c5ccc(Nc6ncnc7[nH]cc(C(=O)c8ccc(Oc9ccccc9)cc8Cl)c67)cc5F)CC4)CC3)cc2C1=O. The number of rotatable bonds is 16. The summed E-state index contributed by atoms with van der Waals surface area (Å²) in [6.07, 6.45) is 6.67. The topological polar surface area (TPSA) is 173 Å². The van der Waals surface area contributed by atoms with Gasteiger partial charge in [0.1, 0.15) is 47.4 Å². The van der Waals surface area contributed by atoms with Crippen LogP contribution in [-0.4, -0.2) is 113 Å². The third kappa shape index (κ3) is 9.45. The van der Waals surface area contributed by atoms with Gasteiger partial charge in [-0.2, -0.15) is 0 Å². The van der Waals surface area contributed by atoms with Crippen LogP contribution in [0.5, 0.6) is 11.5 Å². The lowest BCUT2D eigenvalue weighted by molar-refractivity contribution is -0.124. The van der Waals surface area contributed by atoms with Gasteiger partial charge in [-0.05, 0) is 98.8 Å². The Kier molecular flexibility index (Phi) is 13.3. The molecule has 6 aromatic rings. The molecule has 3 aliphatic heterocycles. The predicted molar refractivity (Wildman–Crippen MR) is 253 cm³/mol. The average molecular weight is 926 g/mol. The maximum atomic E-state index is 15.8. The standard InChI is InChI=1S/C50H49ClFN9O6/c1-53-48(64)43(8-5-25-62)61-49(65)36-12-10-33(27-38(36)50(61)66)59-23-21-58(22-24-59)18-15-31-16-19-60(20-17-31)42-14-9-32(26-41(42)52)57-47-44-39(29-54-46(44)55-30-56-47)45(63)37-13-11-35(28-40(37)51)67-34-6-3-2-4-7-34/h2-4,6-7,9-14,25-31,43H,5,8,15-24H2,1H3,(H,53,64)(H2,54,55,56,57). The molecule has 0 bridgehead atoms. The molecule has 2 aromatic heterocycles. The molecule has 0 saturated carbocycles. The lowest BCUT2D eigenvalue weighted by atomic mass is 9.93. The van der Waals surface area contributed by atoms with E-state index in [1.807, 2.05) is 42.5 Å². The number of hydrogen-bond donors (Lipinski definition) is 3. The highest BCUT2D eigenvalue weighted by molar-refractivity contribution is 6.36. The Morgan fingerprint density at radius 1 is 0.881 bits per heavy atom. The second-order valence-corrected chi connectivity index (χ2v) is 17.4. The van der Waals surface area contributed by atoms with Gasteiger partial charge in [0, 0.05) is 81.9 Å². The lowest BCUT2D eigenvalue weighted by Gasteiger charge is -2.38. The highest BCUT2D eigenvalue weighted by Crippen LogP contribution is 2.35. The zero-order valence-corrected chi connectivity index (χ0v) is 37.6. The average Bonchev–Trinajstić information content (AvgIpc) is 3.90. The summed E-state index contributed by atoms with van der Waals surface area (Å²) < 4.78 is 21.7. The molecule has 17 heteroatoms. The number of ketones is 1. The molecule has 67 heavy (non-hydrogen) atoms.